The topological polar surface area (TPSA) is 20.3 Å². The van der Waals surface area contributed by atoms with Gasteiger partial charge in [-0.2, -0.15) is 0 Å². The summed E-state index contributed by atoms with van der Waals surface area (Å²) in [5.41, 5.74) is 1.32. The average molecular weight is 249 g/mol. The van der Waals surface area contributed by atoms with Crippen LogP contribution in [0.1, 0.15) is 20.1 Å². The molecule has 0 fully saturated rings. The molecule has 0 saturated carbocycles. The number of carbonyl (C=O) groups is 1. The van der Waals surface area contributed by atoms with Gasteiger partial charge in [-0.1, -0.05) is 6.07 Å². The molecule has 2 aromatic heterocycles. The van der Waals surface area contributed by atoms with Crippen LogP contribution in [0, 0.1) is 0 Å². The van der Waals surface area contributed by atoms with Gasteiger partial charge in [0.2, 0.25) is 0 Å². The maximum atomic E-state index is 12.1. The summed E-state index contributed by atoms with van der Waals surface area (Å²) in [6.45, 7) is 1.62. The van der Waals surface area contributed by atoms with Crippen LogP contribution in [-0.2, 0) is 13.0 Å². The molecule has 1 aliphatic rings. The monoisotopic (exact) mass is 249 g/mol. The Balaban J connectivity index is 1.81. The van der Waals surface area contributed by atoms with E-state index >= 15 is 0 Å². The highest BCUT2D eigenvalue weighted by Gasteiger charge is 2.22. The van der Waals surface area contributed by atoms with E-state index in [1.165, 1.54) is 21.8 Å². The first-order valence-electron chi connectivity index (χ1n) is 5.22. The van der Waals surface area contributed by atoms with Crippen LogP contribution in [0.2, 0.25) is 0 Å². The smallest absolute Gasteiger partial charge is 0.264 e. The first-order chi connectivity index (χ1) is 7.84. The largest absolute Gasteiger partial charge is 0.333 e. The minimum atomic E-state index is 0.173. The van der Waals surface area contributed by atoms with Crippen LogP contribution >= 0.6 is 22.7 Å². The molecule has 0 atom stereocenters. The molecule has 0 unspecified atom stereocenters. The van der Waals surface area contributed by atoms with E-state index in [-0.39, 0.29) is 5.91 Å². The van der Waals surface area contributed by atoms with Crippen LogP contribution < -0.4 is 0 Å². The second-order valence-corrected chi connectivity index (χ2v) is 5.77. The van der Waals surface area contributed by atoms with Gasteiger partial charge in [-0.05, 0) is 34.9 Å². The Bertz CT molecular complexity index is 501. The summed E-state index contributed by atoms with van der Waals surface area (Å²) in [6.07, 6.45) is 1.00. The molecule has 0 bridgehead atoms. The van der Waals surface area contributed by atoms with Crippen molar-refractivity contribution in [2.45, 2.75) is 13.0 Å². The third-order valence-corrected chi connectivity index (χ3v) is 4.71. The molecule has 82 valence electrons. The number of hydrogen-bond donors (Lipinski definition) is 0. The van der Waals surface area contributed by atoms with Gasteiger partial charge in [0.25, 0.3) is 5.91 Å². The Morgan fingerprint density at radius 2 is 2.19 bits per heavy atom. The van der Waals surface area contributed by atoms with Crippen molar-refractivity contribution in [1.29, 1.82) is 0 Å². The number of hydrogen-bond acceptors (Lipinski definition) is 3. The van der Waals surface area contributed by atoms with Crippen LogP contribution in [0.15, 0.2) is 29.0 Å². The molecular formula is C12H11NOS2. The van der Waals surface area contributed by atoms with E-state index in [0.717, 1.165) is 24.4 Å². The minimum absolute atomic E-state index is 0.173. The Kier molecular flexibility index (Phi) is 2.53. The van der Waals surface area contributed by atoms with Crippen LogP contribution in [0.3, 0.4) is 0 Å². The quantitative estimate of drug-likeness (QED) is 0.761. The highest BCUT2D eigenvalue weighted by molar-refractivity contribution is 7.12. The Morgan fingerprint density at radius 1 is 1.25 bits per heavy atom. The van der Waals surface area contributed by atoms with E-state index in [1.54, 1.807) is 11.3 Å². The predicted molar refractivity (Wildman–Crippen MR) is 67.1 cm³/mol. The molecule has 16 heavy (non-hydrogen) atoms. The Hall–Kier alpha value is -1.13. The number of rotatable bonds is 1. The van der Waals surface area contributed by atoms with Gasteiger partial charge in [0.05, 0.1) is 4.88 Å². The van der Waals surface area contributed by atoms with Gasteiger partial charge in [0.1, 0.15) is 0 Å². The van der Waals surface area contributed by atoms with Gasteiger partial charge in [-0.15, -0.1) is 22.7 Å². The van der Waals surface area contributed by atoms with E-state index < -0.39 is 0 Å². The molecular weight excluding hydrogens is 238 g/mol. The summed E-state index contributed by atoms with van der Waals surface area (Å²) < 4.78 is 0. The second kappa shape index (κ2) is 4.03. The fourth-order valence-corrected chi connectivity index (χ4v) is 3.56. The molecule has 1 amide bonds. The molecule has 3 rings (SSSR count). The molecule has 2 nitrogen and oxygen atoms in total. The third kappa shape index (κ3) is 1.68. The van der Waals surface area contributed by atoms with Crippen molar-refractivity contribution < 1.29 is 4.79 Å². The number of fused-ring (bicyclic) bond motifs is 1. The van der Waals surface area contributed by atoms with Gasteiger partial charge in [-0.3, -0.25) is 4.79 Å². The lowest BCUT2D eigenvalue weighted by molar-refractivity contribution is 0.0741. The van der Waals surface area contributed by atoms with Crippen LogP contribution in [0.25, 0.3) is 0 Å². The van der Waals surface area contributed by atoms with Crippen molar-refractivity contribution in [1.82, 2.24) is 4.90 Å². The summed E-state index contributed by atoms with van der Waals surface area (Å²) >= 11 is 3.32. The maximum Gasteiger partial charge on any atom is 0.264 e. The van der Waals surface area contributed by atoms with E-state index in [0.29, 0.717) is 0 Å². The molecule has 0 radical (unpaired) electrons. The zero-order valence-corrected chi connectivity index (χ0v) is 10.3. The zero-order valence-electron chi connectivity index (χ0n) is 8.68. The fraction of sp³-hybridized carbons (Fsp3) is 0.250. The van der Waals surface area contributed by atoms with Crippen molar-refractivity contribution in [3.05, 3.63) is 44.3 Å². The number of carbonyl (C=O) groups excluding carboxylic acids is 1. The molecule has 0 N–H and O–H groups in total. The fourth-order valence-electron chi connectivity index (χ4n) is 1.98. The Morgan fingerprint density at radius 3 is 3.00 bits per heavy atom. The summed E-state index contributed by atoms with van der Waals surface area (Å²) in [6, 6.07) is 5.96. The predicted octanol–water partition coefficient (Wildman–Crippen LogP) is 3.01. The summed E-state index contributed by atoms with van der Waals surface area (Å²) in [5.74, 6) is 0.173. The summed E-state index contributed by atoms with van der Waals surface area (Å²) in [5, 5.41) is 4.07. The molecule has 1 aliphatic heterocycles. The second-order valence-electron chi connectivity index (χ2n) is 3.82. The van der Waals surface area contributed by atoms with Gasteiger partial charge in [0.15, 0.2) is 0 Å². The number of thiophene rings is 2. The standard InChI is InChI=1S/C12H11NOS2/c14-12(11-2-1-6-15-11)13-5-3-10-9(8-13)4-7-16-10/h1-2,4,6-7H,3,5,8H2. The molecule has 2 aromatic rings. The van der Waals surface area contributed by atoms with Crippen LogP contribution in [-0.4, -0.2) is 17.4 Å². The van der Waals surface area contributed by atoms with Gasteiger partial charge in [0, 0.05) is 18.0 Å². The lowest BCUT2D eigenvalue weighted by Gasteiger charge is -2.26. The minimum Gasteiger partial charge on any atom is -0.333 e. The van der Waals surface area contributed by atoms with Crippen molar-refractivity contribution in [2.24, 2.45) is 0 Å². The highest BCUT2D eigenvalue weighted by Crippen LogP contribution is 2.25. The zero-order chi connectivity index (χ0) is 11.0. The van der Waals surface area contributed by atoms with Crippen molar-refractivity contribution >= 4 is 28.6 Å². The van der Waals surface area contributed by atoms with Crippen molar-refractivity contribution in [3.63, 3.8) is 0 Å². The van der Waals surface area contributed by atoms with Crippen LogP contribution in [0.4, 0.5) is 0 Å². The Labute approximate surface area is 102 Å². The number of nitrogens with zero attached hydrogens (tertiary/aromatic N) is 1. The number of amides is 1. The molecule has 3 heterocycles. The SMILES string of the molecule is O=C(c1cccs1)N1CCc2sccc2C1. The van der Waals surface area contributed by atoms with E-state index in [9.17, 15) is 4.79 Å². The van der Waals surface area contributed by atoms with Gasteiger partial charge < -0.3 is 4.90 Å². The van der Waals surface area contributed by atoms with Crippen molar-refractivity contribution in [3.8, 4) is 0 Å². The van der Waals surface area contributed by atoms with Gasteiger partial charge in [-0.25, -0.2) is 0 Å². The molecule has 0 saturated heterocycles. The first kappa shape index (κ1) is 10.1. The lowest BCUT2D eigenvalue weighted by Crippen LogP contribution is -2.34. The summed E-state index contributed by atoms with van der Waals surface area (Å²) in [7, 11) is 0. The molecule has 0 aliphatic carbocycles. The van der Waals surface area contributed by atoms with E-state index in [4.69, 9.17) is 0 Å². The normalized spacial score (nSPS) is 14.9. The maximum absolute atomic E-state index is 12.1. The van der Waals surface area contributed by atoms with E-state index in [2.05, 4.69) is 11.4 Å². The van der Waals surface area contributed by atoms with Crippen molar-refractivity contribution in [2.75, 3.05) is 6.54 Å². The molecule has 0 aromatic carbocycles. The first-order valence-corrected chi connectivity index (χ1v) is 6.98. The summed E-state index contributed by atoms with van der Waals surface area (Å²) in [4.78, 5) is 16.4. The van der Waals surface area contributed by atoms with Gasteiger partial charge >= 0.3 is 0 Å². The third-order valence-electron chi connectivity index (χ3n) is 2.83. The van der Waals surface area contributed by atoms with Crippen LogP contribution in [0.5, 0.6) is 0 Å². The average Bonchev–Trinajstić information content (AvgIpc) is 2.98. The molecule has 4 heteroatoms. The van der Waals surface area contributed by atoms with E-state index in [1.807, 2.05) is 22.4 Å². The highest BCUT2D eigenvalue weighted by atomic mass is 32.1. The molecule has 0 spiro atoms. The lowest BCUT2D eigenvalue weighted by atomic mass is 10.1.